The van der Waals surface area contributed by atoms with Gasteiger partial charge >= 0.3 is 5.97 Å². The predicted molar refractivity (Wildman–Crippen MR) is 72.3 cm³/mol. The van der Waals surface area contributed by atoms with E-state index in [9.17, 15) is 18.0 Å². The normalized spacial score (nSPS) is 11.1. The maximum Gasteiger partial charge on any atom is 0.379 e. The second-order valence-electron chi connectivity index (χ2n) is 3.69. The van der Waals surface area contributed by atoms with Crippen LogP contribution in [0.15, 0.2) is 28.0 Å². The van der Waals surface area contributed by atoms with Crippen molar-refractivity contribution in [1.82, 2.24) is 0 Å². The van der Waals surface area contributed by atoms with Gasteiger partial charge in [0.2, 0.25) is 0 Å². The van der Waals surface area contributed by atoms with E-state index in [-0.39, 0.29) is 17.1 Å². The van der Waals surface area contributed by atoms with E-state index < -0.39 is 21.6 Å². The van der Waals surface area contributed by atoms with Gasteiger partial charge in [-0.15, -0.1) is 11.8 Å². The molecule has 0 heterocycles. The van der Waals surface area contributed by atoms with Crippen LogP contribution in [-0.4, -0.2) is 39.3 Å². The van der Waals surface area contributed by atoms with E-state index in [2.05, 4.69) is 4.74 Å². The fourth-order valence-corrected chi connectivity index (χ4v) is 3.37. The number of hydrogen-bond donors (Lipinski definition) is 0. The van der Waals surface area contributed by atoms with E-state index in [1.54, 1.807) is 13.2 Å². The molecule has 0 aliphatic carbocycles. The third kappa shape index (κ3) is 3.81. The van der Waals surface area contributed by atoms with Gasteiger partial charge in [0, 0.05) is 16.7 Å². The molecule has 0 atom stereocenters. The number of rotatable bonds is 5. The Labute approximate surface area is 116 Å². The van der Waals surface area contributed by atoms with E-state index in [0.717, 1.165) is 6.26 Å². The highest BCUT2D eigenvalue weighted by Crippen LogP contribution is 2.26. The number of ketones is 1. The van der Waals surface area contributed by atoms with Crippen molar-refractivity contribution in [2.75, 3.05) is 19.1 Å². The highest BCUT2D eigenvalue weighted by molar-refractivity contribution is 7.99. The van der Waals surface area contributed by atoms with Crippen LogP contribution in [0.25, 0.3) is 0 Å². The van der Waals surface area contributed by atoms with E-state index in [4.69, 9.17) is 0 Å². The largest absolute Gasteiger partial charge is 0.460 e. The molecule has 5 nitrogen and oxygen atoms in total. The first-order valence-electron chi connectivity index (χ1n) is 5.40. The Morgan fingerprint density at radius 3 is 2.42 bits per heavy atom. The maximum atomic E-state index is 11.7. The molecule has 1 aromatic rings. The minimum absolute atomic E-state index is 0.0108. The Morgan fingerprint density at radius 2 is 1.95 bits per heavy atom. The number of ether oxygens (including phenoxy) is 1. The molecule has 0 amide bonds. The topological polar surface area (TPSA) is 77.5 Å². The van der Waals surface area contributed by atoms with Crippen LogP contribution in [0, 0.1) is 0 Å². The van der Waals surface area contributed by atoms with Gasteiger partial charge in [0.25, 0.3) is 5.78 Å². The molecule has 0 aliphatic heterocycles. The Hall–Kier alpha value is -1.34. The van der Waals surface area contributed by atoms with Crippen LogP contribution >= 0.6 is 11.8 Å². The minimum atomic E-state index is -3.46. The van der Waals surface area contributed by atoms with Gasteiger partial charge in [0.1, 0.15) is 0 Å². The summed E-state index contributed by atoms with van der Waals surface area (Å²) in [6.07, 6.45) is 2.79. The van der Waals surface area contributed by atoms with Gasteiger partial charge in [-0.1, -0.05) is 0 Å². The second kappa shape index (κ2) is 6.21. The molecular formula is C12H14O5S2. The molecule has 1 rings (SSSR count). The van der Waals surface area contributed by atoms with Crippen molar-refractivity contribution < 1.29 is 22.7 Å². The number of Topliss-reactive ketones (excluding diaryl/α,β-unsaturated/α-hetero) is 1. The van der Waals surface area contributed by atoms with Crippen LogP contribution in [0.5, 0.6) is 0 Å². The molecule has 0 unspecified atom stereocenters. The zero-order chi connectivity index (χ0) is 14.6. The number of sulfone groups is 1. The molecule has 104 valence electrons. The number of carbonyl (C=O) groups is 2. The number of benzene rings is 1. The van der Waals surface area contributed by atoms with Gasteiger partial charge in [0.05, 0.1) is 11.5 Å². The van der Waals surface area contributed by atoms with E-state index in [0.29, 0.717) is 4.90 Å². The van der Waals surface area contributed by atoms with Crippen molar-refractivity contribution in [3.05, 3.63) is 23.8 Å². The molecule has 19 heavy (non-hydrogen) atoms. The molecule has 1 aromatic carbocycles. The van der Waals surface area contributed by atoms with Gasteiger partial charge in [-0.3, -0.25) is 4.79 Å². The van der Waals surface area contributed by atoms with E-state index in [1.165, 1.54) is 30.0 Å². The number of esters is 1. The summed E-state index contributed by atoms with van der Waals surface area (Å²) in [4.78, 5) is 23.6. The van der Waals surface area contributed by atoms with Crippen molar-refractivity contribution in [2.24, 2.45) is 0 Å². The molecule has 0 radical (unpaired) electrons. The summed E-state index contributed by atoms with van der Waals surface area (Å²) < 4.78 is 27.9. The van der Waals surface area contributed by atoms with Crippen molar-refractivity contribution in [2.45, 2.75) is 16.7 Å². The maximum absolute atomic E-state index is 11.7. The summed E-state index contributed by atoms with van der Waals surface area (Å²) in [5.74, 6) is -1.83. The summed E-state index contributed by atoms with van der Waals surface area (Å²) in [6.45, 7) is 1.68. The smallest absolute Gasteiger partial charge is 0.379 e. The molecular weight excluding hydrogens is 288 g/mol. The third-order valence-corrected chi connectivity index (χ3v) is 4.35. The monoisotopic (exact) mass is 302 g/mol. The average Bonchev–Trinajstić information content (AvgIpc) is 2.36. The lowest BCUT2D eigenvalue weighted by Gasteiger charge is -2.07. The molecule has 0 bridgehead atoms. The van der Waals surface area contributed by atoms with E-state index >= 15 is 0 Å². The lowest BCUT2D eigenvalue weighted by Crippen LogP contribution is -2.18. The van der Waals surface area contributed by atoms with Gasteiger partial charge in [-0.05, 0) is 31.4 Å². The Kier molecular flexibility index (Phi) is 5.13. The molecule has 7 heteroatoms. The molecule has 0 saturated carbocycles. The van der Waals surface area contributed by atoms with Crippen molar-refractivity contribution in [3.63, 3.8) is 0 Å². The van der Waals surface area contributed by atoms with Crippen LogP contribution in [0.3, 0.4) is 0 Å². The second-order valence-corrected chi connectivity index (χ2v) is 6.52. The molecule has 0 aromatic heterocycles. The predicted octanol–water partition coefficient (Wildman–Crippen LogP) is 1.56. The van der Waals surface area contributed by atoms with Gasteiger partial charge in [-0.2, -0.15) is 0 Å². The average molecular weight is 302 g/mol. The molecule has 0 saturated heterocycles. The van der Waals surface area contributed by atoms with Gasteiger partial charge < -0.3 is 4.74 Å². The number of carbonyl (C=O) groups excluding carboxylic acids is 2. The van der Waals surface area contributed by atoms with Crippen molar-refractivity contribution in [1.29, 1.82) is 0 Å². The van der Waals surface area contributed by atoms with E-state index in [1.807, 2.05) is 0 Å². The first kappa shape index (κ1) is 15.7. The molecule has 0 aliphatic rings. The van der Waals surface area contributed by atoms with Gasteiger partial charge in [0.15, 0.2) is 9.84 Å². The fraction of sp³-hybridized carbons (Fsp3) is 0.333. The Morgan fingerprint density at radius 1 is 1.32 bits per heavy atom. The SMILES string of the molecule is CCOC(=O)C(=O)c1ccc(SC)c(S(C)(=O)=O)c1. The highest BCUT2D eigenvalue weighted by atomic mass is 32.2. The van der Waals surface area contributed by atoms with Crippen LogP contribution < -0.4 is 0 Å². The Balaban J connectivity index is 3.27. The first-order chi connectivity index (χ1) is 8.81. The van der Waals surface area contributed by atoms with Crippen LogP contribution in [0.1, 0.15) is 17.3 Å². The van der Waals surface area contributed by atoms with Crippen LogP contribution in [-0.2, 0) is 19.4 Å². The van der Waals surface area contributed by atoms with Crippen molar-refractivity contribution >= 4 is 33.4 Å². The summed E-state index contributed by atoms with van der Waals surface area (Å²) in [6, 6.07) is 4.13. The third-order valence-electron chi connectivity index (χ3n) is 2.29. The zero-order valence-corrected chi connectivity index (χ0v) is 12.4. The first-order valence-corrected chi connectivity index (χ1v) is 8.52. The number of hydrogen-bond acceptors (Lipinski definition) is 6. The van der Waals surface area contributed by atoms with Crippen LogP contribution in [0.4, 0.5) is 0 Å². The highest BCUT2D eigenvalue weighted by Gasteiger charge is 2.21. The summed E-state index contributed by atoms with van der Waals surface area (Å²) in [7, 11) is -3.46. The van der Waals surface area contributed by atoms with Gasteiger partial charge in [-0.25, -0.2) is 13.2 Å². The van der Waals surface area contributed by atoms with Crippen molar-refractivity contribution in [3.8, 4) is 0 Å². The summed E-state index contributed by atoms with van der Waals surface area (Å²) >= 11 is 1.25. The lowest BCUT2D eigenvalue weighted by molar-refractivity contribution is -0.137. The summed E-state index contributed by atoms with van der Waals surface area (Å²) in [5.41, 5.74) is 0.0108. The lowest BCUT2D eigenvalue weighted by atomic mass is 10.1. The molecule has 0 fully saturated rings. The molecule has 0 spiro atoms. The van der Waals surface area contributed by atoms with Crippen LogP contribution in [0.2, 0.25) is 0 Å². The minimum Gasteiger partial charge on any atom is -0.460 e. The summed E-state index contributed by atoms with van der Waals surface area (Å²) in [5, 5.41) is 0. The quantitative estimate of drug-likeness (QED) is 0.355. The zero-order valence-electron chi connectivity index (χ0n) is 10.8. The number of thioether (sulfide) groups is 1. The molecule has 0 N–H and O–H groups in total. The standard InChI is InChI=1S/C12H14O5S2/c1-4-17-12(14)11(13)8-5-6-9(18-2)10(7-8)19(3,15)16/h5-7H,4H2,1-3H3. The fourth-order valence-electron chi connectivity index (χ4n) is 1.42. The Bertz CT molecular complexity index is 605.